The second kappa shape index (κ2) is 25.5. The van der Waals surface area contributed by atoms with Crippen LogP contribution >= 0.6 is 0 Å². The minimum atomic E-state index is -0.536. The van der Waals surface area contributed by atoms with Gasteiger partial charge in [-0.2, -0.15) is 0 Å². The molecule has 0 fully saturated rings. The van der Waals surface area contributed by atoms with E-state index in [1.54, 1.807) is 0 Å². The van der Waals surface area contributed by atoms with E-state index in [-0.39, 0.29) is 64.7 Å². The molecule has 8 nitrogen and oxygen atoms in total. The maximum Gasteiger partial charge on any atom is 0.122 e. The Morgan fingerprint density at radius 1 is 0.325 bits per heavy atom. The van der Waals surface area contributed by atoms with Gasteiger partial charge in [-0.15, -0.1) is 0 Å². The molecule has 0 radical (unpaired) electrons. The maximum absolute atomic E-state index is 9.45. The molecule has 2 aliphatic rings. The minimum Gasteiger partial charge on any atom is -0.491 e. The van der Waals surface area contributed by atoms with Gasteiger partial charge in [0, 0.05) is 0 Å². The van der Waals surface area contributed by atoms with Gasteiger partial charge in [-0.05, 0) is 150 Å². The Bertz CT molecular complexity index is 3160. The summed E-state index contributed by atoms with van der Waals surface area (Å²) < 4.78 is 23.9. The molecule has 0 bridgehead atoms. The van der Waals surface area contributed by atoms with Crippen molar-refractivity contribution in [3.63, 3.8) is 0 Å². The summed E-state index contributed by atoms with van der Waals surface area (Å²) in [6.45, 7) is 18.6. The first kappa shape index (κ1) is 57.5. The molecular formula is C72H80O8. The lowest BCUT2D eigenvalue weighted by atomic mass is 9.66. The molecule has 0 spiro atoms. The molecule has 0 aliphatic heterocycles. The van der Waals surface area contributed by atoms with Crippen molar-refractivity contribution in [2.75, 3.05) is 52.9 Å². The maximum atomic E-state index is 9.45. The first-order valence-electron chi connectivity index (χ1n) is 28.7. The van der Waals surface area contributed by atoms with Gasteiger partial charge in [0.05, 0.1) is 37.3 Å². The van der Waals surface area contributed by atoms with Gasteiger partial charge >= 0.3 is 0 Å². The molecule has 0 saturated heterocycles. The molecule has 8 heteroatoms. The van der Waals surface area contributed by atoms with Crippen molar-refractivity contribution in [3.8, 4) is 45.3 Å². The van der Waals surface area contributed by atoms with Gasteiger partial charge < -0.3 is 39.4 Å². The van der Waals surface area contributed by atoms with E-state index in [1.807, 2.05) is 0 Å². The molecule has 10 rings (SSSR count). The molecule has 8 aromatic carbocycles. The zero-order valence-electron chi connectivity index (χ0n) is 48.0. The molecule has 0 saturated carbocycles. The van der Waals surface area contributed by atoms with Crippen molar-refractivity contribution in [3.05, 3.63) is 237 Å². The summed E-state index contributed by atoms with van der Waals surface area (Å²) in [7, 11) is 0. The monoisotopic (exact) mass is 1070 g/mol. The van der Waals surface area contributed by atoms with E-state index >= 15 is 0 Å². The number of rotatable bonds is 22. The van der Waals surface area contributed by atoms with Gasteiger partial charge in [0.2, 0.25) is 0 Å². The average Bonchev–Trinajstić information content (AvgIpc) is 4.12. The number of hydrogen-bond donors (Lipinski definition) is 4. The Hall–Kier alpha value is -7.20. The smallest absolute Gasteiger partial charge is 0.122 e. The van der Waals surface area contributed by atoms with E-state index < -0.39 is 10.8 Å². The highest BCUT2D eigenvalue weighted by Gasteiger charge is 2.48. The fraction of sp³-hybridized carbons (Fsp3) is 0.333. The quantitative estimate of drug-likeness (QED) is 0.0530. The average molecular weight is 1070 g/mol. The summed E-state index contributed by atoms with van der Waals surface area (Å²) in [5.74, 6) is 4.66. The molecule has 0 unspecified atom stereocenters. The number of fused-ring (bicyclic) bond motifs is 6. The minimum absolute atomic E-state index is 0.0170. The summed E-state index contributed by atoms with van der Waals surface area (Å²) >= 11 is 0. The van der Waals surface area contributed by atoms with Crippen LogP contribution in [-0.4, -0.2) is 73.3 Å². The zero-order chi connectivity index (χ0) is 56.6. The third kappa shape index (κ3) is 11.0. The van der Waals surface area contributed by atoms with Crippen LogP contribution < -0.4 is 18.9 Å². The molecule has 416 valence electrons. The van der Waals surface area contributed by atoms with Crippen LogP contribution in [0.25, 0.3) is 22.3 Å². The Kier molecular flexibility index (Phi) is 18.3. The van der Waals surface area contributed by atoms with Gasteiger partial charge in [-0.3, -0.25) is 0 Å². The van der Waals surface area contributed by atoms with Crippen molar-refractivity contribution in [1.82, 2.24) is 0 Å². The van der Waals surface area contributed by atoms with Gasteiger partial charge in [0.25, 0.3) is 0 Å². The largest absolute Gasteiger partial charge is 0.491 e. The Morgan fingerprint density at radius 3 is 0.863 bits per heavy atom. The van der Waals surface area contributed by atoms with E-state index in [0.717, 1.165) is 58.1 Å². The predicted octanol–water partition coefficient (Wildman–Crippen LogP) is 14.2. The lowest BCUT2D eigenvalue weighted by molar-refractivity contribution is 0.200. The fourth-order valence-corrected chi connectivity index (χ4v) is 12.5. The van der Waals surface area contributed by atoms with Gasteiger partial charge in [-0.25, -0.2) is 0 Å². The first-order chi connectivity index (χ1) is 38.8. The Morgan fingerprint density at radius 2 is 0.588 bits per heavy atom. The normalized spacial score (nSPS) is 13.4. The molecule has 80 heavy (non-hydrogen) atoms. The van der Waals surface area contributed by atoms with Crippen LogP contribution in [0, 0.1) is 11.8 Å². The third-order valence-corrected chi connectivity index (χ3v) is 15.7. The van der Waals surface area contributed by atoms with E-state index in [9.17, 15) is 20.4 Å². The van der Waals surface area contributed by atoms with Crippen LogP contribution in [-0.2, 0) is 23.7 Å². The zero-order valence-corrected chi connectivity index (χ0v) is 48.0. The highest BCUT2D eigenvalue weighted by Crippen LogP contribution is 2.59. The predicted molar refractivity (Wildman–Crippen MR) is 323 cm³/mol. The van der Waals surface area contributed by atoms with E-state index in [1.165, 1.54) is 66.8 Å². The lowest BCUT2D eigenvalue weighted by Crippen LogP contribution is -2.29. The van der Waals surface area contributed by atoms with Crippen molar-refractivity contribution < 1.29 is 39.4 Å². The van der Waals surface area contributed by atoms with E-state index in [4.69, 9.17) is 18.9 Å². The highest BCUT2D eigenvalue weighted by molar-refractivity contribution is 5.88. The number of benzene rings is 8. The number of hydrogen-bond acceptors (Lipinski definition) is 8. The summed E-state index contributed by atoms with van der Waals surface area (Å²) in [5, 5.41) is 37.7. The van der Waals surface area contributed by atoms with Crippen LogP contribution in [0.15, 0.2) is 170 Å². The summed E-state index contributed by atoms with van der Waals surface area (Å²) in [6, 6.07) is 61.3. The SMILES string of the molecule is CC(C)Cc1cc(C2(c3ccc(OCCO)c(CC(C)C)c3)c3ccccc3-c3ccccc32)ccc1OCCO.CC(C)c1cc(C2(c3ccc(OCCO)c(C(C)C)c3)c3ccccc3-c3ccccc32)ccc1OCCO. The number of aliphatic hydroxyl groups excluding tert-OH is 4. The molecule has 0 heterocycles. The molecule has 0 aromatic heterocycles. The molecule has 2 aliphatic carbocycles. The van der Waals surface area contributed by atoms with Crippen molar-refractivity contribution in [2.24, 2.45) is 11.8 Å². The molecule has 8 aromatic rings. The van der Waals surface area contributed by atoms with Crippen LogP contribution in [0.2, 0.25) is 0 Å². The third-order valence-electron chi connectivity index (χ3n) is 15.7. The highest BCUT2D eigenvalue weighted by atomic mass is 16.5. The van der Waals surface area contributed by atoms with Crippen LogP contribution in [0.1, 0.15) is 134 Å². The lowest BCUT2D eigenvalue weighted by Gasteiger charge is -2.35. The molecule has 0 atom stereocenters. The van der Waals surface area contributed by atoms with Crippen molar-refractivity contribution in [2.45, 2.75) is 90.9 Å². The summed E-state index contributed by atoms with van der Waals surface area (Å²) in [6.07, 6.45) is 1.75. The van der Waals surface area contributed by atoms with Crippen LogP contribution in [0.5, 0.6) is 23.0 Å². The van der Waals surface area contributed by atoms with Crippen LogP contribution in [0.3, 0.4) is 0 Å². The second-order valence-corrected chi connectivity index (χ2v) is 22.6. The van der Waals surface area contributed by atoms with E-state index in [0.29, 0.717) is 11.8 Å². The summed E-state index contributed by atoms with van der Waals surface area (Å²) in [4.78, 5) is 0. The standard InChI is InChI=1S/C37H42O4.C35H38O4/c1-25(2)21-27-23-29(13-15-35(27)40-19-17-38)37(30-14-16-36(41-20-18-39)28(24-30)22-26(3)4)33-11-7-5-9-31(33)32-10-6-8-12-34(32)37;1-23(2)29-21-25(13-15-33(29)38-19-17-36)35(26-14-16-34(39-20-18-37)30(22-26)24(3)4)31-11-7-5-9-27(31)28-10-6-8-12-32(28)35/h5-16,23-26,38-39H,17-22H2,1-4H3;5-16,21-24,36-37H,17-20H2,1-4H3. The Labute approximate surface area is 474 Å². The Balaban J connectivity index is 0.000000194. The molecule has 4 N–H and O–H groups in total. The molecule has 0 amide bonds. The molecular weight excluding hydrogens is 993 g/mol. The number of ether oxygens (including phenoxy) is 4. The van der Waals surface area contributed by atoms with Crippen molar-refractivity contribution in [1.29, 1.82) is 0 Å². The summed E-state index contributed by atoms with van der Waals surface area (Å²) in [5.41, 5.74) is 18.2. The van der Waals surface area contributed by atoms with E-state index in [2.05, 4.69) is 225 Å². The van der Waals surface area contributed by atoms with Crippen molar-refractivity contribution >= 4 is 0 Å². The first-order valence-corrected chi connectivity index (χ1v) is 28.7. The van der Waals surface area contributed by atoms with Gasteiger partial charge in [0.1, 0.15) is 49.4 Å². The number of aliphatic hydroxyl groups is 4. The topological polar surface area (TPSA) is 118 Å². The second-order valence-electron chi connectivity index (χ2n) is 22.6. The fourth-order valence-electron chi connectivity index (χ4n) is 12.5. The van der Waals surface area contributed by atoms with Gasteiger partial charge in [0.15, 0.2) is 0 Å². The van der Waals surface area contributed by atoms with Gasteiger partial charge in [-0.1, -0.05) is 201 Å². The van der Waals surface area contributed by atoms with Crippen LogP contribution in [0.4, 0.5) is 0 Å².